The maximum absolute atomic E-state index is 14.6. The third kappa shape index (κ3) is 3.28. The van der Waals surface area contributed by atoms with E-state index in [1.54, 1.807) is 6.07 Å². The van der Waals surface area contributed by atoms with Crippen LogP contribution in [0.4, 0.5) is 10.1 Å². The van der Waals surface area contributed by atoms with Crippen LogP contribution in [-0.2, 0) is 14.1 Å². The van der Waals surface area contributed by atoms with Gasteiger partial charge >= 0.3 is 7.12 Å². The SMILES string of the molecule is CC(=O)Nc1c(F)cc(B2OC(C)(C)C(C)(C)O2)cc1OC1CC1. The second-order valence-corrected chi connectivity index (χ2v) is 7.46. The summed E-state index contributed by atoms with van der Waals surface area (Å²) in [5.41, 5.74) is -0.422. The monoisotopic (exact) mass is 335 g/mol. The normalized spacial score (nSPS) is 21.7. The van der Waals surface area contributed by atoms with Gasteiger partial charge in [-0.15, -0.1) is 0 Å². The molecule has 1 aliphatic carbocycles. The van der Waals surface area contributed by atoms with E-state index in [-0.39, 0.29) is 17.7 Å². The molecule has 130 valence electrons. The first-order chi connectivity index (χ1) is 11.1. The fourth-order valence-electron chi connectivity index (χ4n) is 2.47. The van der Waals surface area contributed by atoms with Crippen molar-refractivity contribution in [3.8, 4) is 5.75 Å². The summed E-state index contributed by atoms with van der Waals surface area (Å²) >= 11 is 0. The van der Waals surface area contributed by atoms with Crippen LogP contribution in [-0.4, -0.2) is 30.3 Å². The van der Waals surface area contributed by atoms with Crippen molar-refractivity contribution in [2.75, 3.05) is 5.32 Å². The Morgan fingerprint density at radius 1 is 1.25 bits per heavy atom. The van der Waals surface area contributed by atoms with Crippen molar-refractivity contribution in [2.24, 2.45) is 0 Å². The highest BCUT2D eigenvalue weighted by molar-refractivity contribution is 6.62. The molecule has 0 atom stereocenters. The Hall–Kier alpha value is -1.60. The van der Waals surface area contributed by atoms with E-state index in [2.05, 4.69) is 5.32 Å². The number of anilines is 1. The molecular weight excluding hydrogens is 312 g/mol. The van der Waals surface area contributed by atoms with Gasteiger partial charge in [-0.3, -0.25) is 4.79 Å². The van der Waals surface area contributed by atoms with Gasteiger partial charge in [0, 0.05) is 6.92 Å². The lowest BCUT2D eigenvalue weighted by molar-refractivity contribution is -0.114. The molecule has 0 radical (unpaired) electrons. The minimum absolute atomic E-state index is 0.0645. The molecule has 1 amide bonds. The molecule has 1 saturated heterocycles. The van der Waals surface area contributed by atoms with Crippen molar-refractivity contribution >= 4 is 24.2 Å². The standard InChI is InChI=1S/C17H23BFNO4/c1-10(21)20-15-13(19)8-11(9-14(15)22-12-6-7-12)18-23-16(2,3)17(4,5)24-18/h8-9,12H,6-7H2,1-5H3,(H,20,21). The van der Waals surface area contributed by atoms with Crippen molar-refractivity contribution < 1.29 is 23.2 Å². The van der Waals surface area contributed by atoms with Crippen LogP contribution in [0.15, 0.2) is 12.1 Å². The molecular formula is C17H23BFNO4. The fourth-order valence-corrected chi connectivity index (χ4v) is 2.47. The van der Waals surface area contributed by atoms with Crippen LogP contribution in [0, 0.1) is 5.82 Å². The van der Waals surface area contributed by atoms with Crippen LogP contribution in [0.3, 0.4) is 0 Å². The highest BCUT2D eigenvalue weighted by atomic mass is 19.1. The van der Waals surface area contributed by atoms with Gasteiger partial charge in [-0.2, -0.15) is 0 Å². The average molecular weight is 335 g/mol. The molecule has 2 aliphatic rings. The maximum atomic E-state index is 14.6. The zero-order chi connectivity index (χ0) is 17.7. The van der Waals surface area contributed by atoms with Gasteiger partial charge in [0.25, 0.3) is 0 Å². The summed E-state index contributed by atoms with van der Waals surface area (Å²) in [5.74, 6) is -0.594. The van der Waals surface area contributed by atoms with E-state index < -0.39 is 24.1 Å². The molecule has 7 heteroatoms. The second kappa shape index (κ2) is 5.74. The van der Waals surface area contributed by atoms with Gasteiger partial charge in [-0.1, -0.05) is 0 Å². The van der Waals surface area contributed by atoms with Gasteiger partial charge in [0.05, 0.1) is 17.3 Å². The number of benzene rings is 1. The van der Waals surface area contributed by atoms with Crippen LogP contribution in [0.1, 0.15) is 47.5 Å². The molecule has 24 heavy (non-hydrogen) atoms. The molecule has 2 fully saturated rings. The topological polar surface area (TPSA) is 56.8 Å². The van der Waals surface area contributed by atoms with Gasteiger partial charge in [0.15, 0.2) is 0 Å². The van der Waals surface area contributed by atoms with E-state index in [4.69, 9.17) is 14.0 Å². The molecule has 1 aliphatic heterocycles. The van der Waals surface area contributed by atoms with E-state index in [1.165, 1.54) is 13.0 Å². The number of ether oxygens (including phenoxy) is 1. The first-order valence-corrected chi connectivity index (χ1v) is 8.22. The van der Waals surface area contributed by atoms with Gasteiger partial charge in [0.1, 0.15) is 17.3 Å². The Kier molecular flexibility index (Phi) is 4.12. The molecule has 0 unspecified atom stereocenters. The van der Waals surface area contributed by atoms with Gasteiger partial charge in [-0.05, 0) is 58.1 Å². The van der Waals surface area contributed by atoms with Crippen LogP contribution < -0.4 is 15.5 Å². The number of amides is 1. The van der Waals surface area contributed by atoms with Crippen molar-refractivity contribution in [3.63, 3.8) is 0 Å². The predicted molar refractivity (Wildman–Crippen MR) is 90.1 cm³/mol. The van der Waals surface area contributed by atoms with Gasteiger partial charge in [-0.25, -0.2) is 4.39 Å². The highest BCUT2D eigenvalue weighted by Crippen LogP contribution is 2.38. The third-order valence-corrected chi connectivity index (χ3v) is 4.72. The number of hydrogen-bond acceptors (Lipinski definition) is 4. The summed E-state index contributed by atoms with van der Waals surface area (Å²) < 4.78 is 32.3. The molecule has 5 nitrogen and oxygen atoms in total. The Labute approximate surface area is 142 Å². The summed E-state index contributed by atoms with van der Waals surface area (Å²) in [5, 5.41) is 2.50. The number of rotatable bonds is 4. The summed E-state index contributed by atoms with van der Waals surface area (Å²) in [7, 11) is -0.683. The van der Waals surface area contributed by atoms with Crippen LogP contribution in [0.5, 0.6) is 5.75 Å². The molecule has 3 rings (SSSR count). The number of carbonyl (C=O) groups is 1. The smallest absolute Gasteiger partial charge is 0.488 e. The molecule has 1 aromatic carbocycles. The quantitative estimate of drug-likeness (QED) is 0.860. The van der Waals surface area contributed by atoms with Crippen LogP contribution >= 0.6 is 0 Å². The van der Waals surface area contributed by atoms with Crippen molar-refractivity contribution in [3.05, 3.63) is 17.9 Å². The Morgan fingerprint density at radius 2 is 1.83 bits per heavy atom. The first kappa shape index (κ1) is 17.2. The van der Waals surface area contributed by atoms with Crippen LogP contribution in [0.2, 0.25) is 0 Å². The van der Waals surface area contributed by atoms with Gasteiger partial charge < -0.3 is 19.4 Å². The summed E-state index contributed by atoms with van der Waals surface area (Å²) in [6, 6.07) is 3.02. The zero-order valence-electron chi connectivity index (χ0n) is 14.7. The average Bonchev–Trinajstić information content (AvgIpc) is 3.20. The van der Waals surface area contributed by atoms with Crippen molar-refractivity contribution in [1.82, 2.24) is 0 Å². The van der Waals surface area contributed by atoms with Crippen molar-refractivity contribution in [1.29, 1.82) is 0 Å². The van der Waals surface area contributed by atoms with E-state index >= 15 is 0 Å². The fraction of sp³-hybridized carbons (Fsp3) is 0.588. The molecule has 0 spiro atoms. The van der Waals surface area contributed by atoms with E-state index in [1.807, 2.05) is 27.7 Å². The van der Waals surface area contributed by atoms with Crippen molar-refractivity contribution in [2.45, 2.75) is 64.8 Å². The molecule has 1 aromatic rings. The minimum atomic E-state index is -0.683. The largest absolute Gasteiger partial charge is 0.495 e. The lowest BCUT2D eigenvalue weighted by Gasteiger charge is -2.32. The number of nitrogens with one attached hydrogen (secondary N) is 1. The predicted octanol–water partition coefficient (Wildman–Crippen LogP) is 2.62. The summed E-state index contributed by atoms with van der Waals surface area (Å²) in [4.78, 5) is 11.3. The molecule has 1 saturated carbocycles. The molecule has 0 bridgehead atoms. The summed E-state index contributed by atoms with van der Waals surface area (Å²) in [6.07, 6.45) is 1.94. The number of hydrogen-bond donors (Lipinski definition) is 1. The highest BCUT2D eigenvalue weighted by Gasteiger charge is 2.52. The molecule has 1 N–H and O–H groups in total. The minimum Gasteiger partial charge on any atom is -0.488 e. The van der Waals surface area contributed by atoms with Gasteiger partial charge in [0.2, 0.25) is 5.91 Å². The first-order valence-electron chi connectivity index (χ1n) is 8.22. The van der Waals surface area contributed by atoms with E-state index in [9.17, 15) is 9.18 Å². The lowest BCUT2D eigenvalue weighted by atomic mass is 9.78. The Balaban J connectivity index is 1.94. The Bertz CT molecular complexity index is 657. The Morgan fingerprint density at radius 3 is 2.33 bits per heavy atom. The second-order valence-electron chi connectivity index (χ2n) is 7.46. The van der Waals surface area contributed by atoms with E-state index in [0.717, 1.165) is 12.8 Å². The third-order valence-electron chi connectivity index (χ3n) is 4.72. The van der Waals surface area contributed by atoms with Crippen LogP contribution in [0.25, 0.3) is 0 Å². The lowest BCUT2D eigenvalue weighted by Crippen LogP contribution is -2.41. The molecule has 0 aromatic heterocycles. The summed E-state index contributed by atoms with van der Waals surface area (Å²) in [6.45, 7) is 9.10. The maximum Gasteiger partial charge on any atom is 0.495 e. The van der Waals surface area contributed by atoms with E-state index in [0.29, 0.717) is 11.2 Å². The number of halogens is 1. The zero-order valence-corrected chi connectivity index (χ0v) is 14.7. The number of carbonyl (C=O) groups excluding carboxylic acids is 1. The molecule has 1 heterocycles.